The predicted octanol–water partition coefficient (Wildman–Crippen LogP) is 6.79. The van der Waals surface area contributed by atoms with Crippen LogP contribution >= 0.6 is 11.8 Å². The molecule has 0 amide bonds. The lowest BCUT2D eigenvalue weighted by Gasteiger charge is -2.31. The number of hydrogen-bond acceptors (Lipinski definition) is 4. The Kier molecular flexibility index (Phi) is 10.6. The first-order chi connectivity index (χ1) is 17.0. The van der Waals surface area contributed by atoms with Gasteiger partial charge in [-0.1, -0.05) is 44.2 Å². The molecule has 1 aromatic heterocycles. The topological polar surface area (TPSA) is 65.6 Å². The Balaban J connectivity index is 0.000000623. The SMILES string of the molecule is C#CC(=O)O.CCCCOc1ccccc1Sc1ccc2[nH]cc(C3CCN(CCC)CC3)c2c1. The minimum Gasteiger partial charge on any atom is -0.492 e. The van der Waals surface area contributed by atoms with Gasteiger partial charge in [0.15, 0.2) is 0 Å². The summed E-state index contributed by atoms with van der Waals surface area (Å²) in [6.45, 7) is 8.94. The maximum atomic E-state index is 9.13. The van der Waals surface area contributed by atoms with E-state index in [0.717, 1.165) is 25.2 Å². The van der Waals surface area contributed by atoms with Crippen LogP contribution in [0, 0.1) is 12.3 Å². The number of fused-ring (bicyclic) bond motifs is 1. The van der Waals surface area contributed by atoms with Gasteiger partial charge in [0.2, 0.25) is 0 Å². The Morgan fingerprint density at radius 2 is 1.94 bits per heavy atom. The molecule has 5 nitrogen and oxygen atoms in total. The van der Waals surface area contributed by atoms with Crippen molar-refractivity contribution >= 4 is 28.6 Å². The third kappa shape index (κ3) is 7.81. The van der Waals surface area contributed by atoms with Crippen LogP contribution < -0.4 is 4.74 Å². The monoisotopic (exact) mass is 492 g/mol. The van der Waals surface area contributed by atoms with Crippen molar-refractivity contribution in [3.63, 3.8) is 0 Å². The Morgan fingerprint density at radius 3 is 2.63 bits per heavy atom. The summed E-state index contributed by atoms with van der Waals surface area (Å²) in [7, 11) is 0. The van der Waals surface area contributed by atoms with Crippen LogP contribution in [0.25, 0.3) is 10.9 Å². The summed E-state index contributed by atoms with van der Waals surface area (Å²) in [5, 5.41) is 8.87. The van der Waals surface area contributed by atoms with E-state index in [4.69, 9.17) is 14.6 Å². The molecular formula is C29H36N2O3S. The molecule has 2 N–H and O–H groups in total. The van der Waals surface area contributed by atoms with Crippen LogP contribution in [0.1, 0.15) is 57.4 Å². The predicted molar refractivity (Wildman–Crippen MR) is 144 cm³/mol. The highest BCUT2D eigenvalue weighted by atomic mass is 32.2. The number of carbonyl (C=O) groups is 1. The number of benzene rings is 2. The molecule has 1 aliphatic rings. The van der Waals surface area contributed by atoms with Gasteiger partial charge in [0, 0.05) is 27.9 Å². The molecule has 0 aliphatic carbocycles. The normalized spacial score (nSPS) is 14.2. The van der Waals surface area contributed by atoms with Gasteiger partial charge in [-0.2, -0.15) is 0 Å². The lowest BCUT2D eigenvalue weighted by molar-refractivity contribution is -0.130. The van der Waals surface area contributed by atoms with Crippen LogP contribution in [0.15, 0.2) is 58.5 Å². The Bertz CT molecular complexity index is 1130. The lowest BCUT2D eigenvalue weighted by atomic mass is 9.89. The summed E-state index contributed by atoms with van der Waals surface area (Å²) >= 11 is 1.81. The second-order valence-corrected chi connectivity index (χ2v) is 9.88. The zero-order chi connectivity index (χ0) is 25.0. The van der Waals surface area contributed by atoms with Gasteiger partial charge in [0.05, 0.1) is 11.5 Å². The summed E-state index contributed by atoms with van der Waals surface area (Å²) in [6.07, 6.45) is 12.6. The molecule has 0 radical (unpaired) electrons. The summed E-state index contributed by atoms with van der Waals surface area (Å²) < 4.78 is 6.04. The quantitative estimate of drug-likeness (QED) is 0.254. The molecule has 186 valence electrons. The molecule has 1 saturated heterocycles. The second-order valence-electron chi connectivity index (χ2n) is 8.77. The molecule has 3 aromatic rings. The van der Waals surface area contributed by atoms with Crippen LogP contribution in [0.2, 0.25) is 0 Å². The molecule has 0 bridgehead atoms. The lowest BCUT2D eigenvalue weighted by Crippen LogP contribution is -2.33. The van der Waals surface area contributed by atoms with Gasteiger partial charge < -0.3 is 19.7 Å². The van der Waals surface area contributed by atoms with Crippen molar-refractivity contribution in [1.29, 1.82) is 0 Å². The number of aliphatic carboxylic acids is 1. The van der Waals surface area contributed by atoms with Crippen molar-refractivity contribution in [2.24, 2.45) is 0 Å². The molecule has 2 heterocycles. The number of ether oxygens (including phenoxy) is 1. The molecule has 2 aromatic carbocycles. The Morgan fingerprint density at radius 1 is 1.20 bits per heavy atom. The Labute approximate surface area is 213 Å². The van der Waals surface area contributed by atoms with Crippen molar-refractivity contribution in [3.8, 4) is 18.1 Å². The number of hydrogen-bond donors (Lipinski definition) is 2. The van der Waals surface area contributed by atoms with Crippen LogP contribution in [-0.4, -0.2) is 47.2 Å². The fraction of sp³-hybridized carbons (Fsp3) is 0.414. The number of aromatic amines is 1. The molecule has 4 rings (SSSR count). The van der Waals surface area contributed by atoms with Crippen molar-refractivity contribution in [2.75, 3.05) is 26.2 Å². The molecule has 0 atom stereocenters. The number of nitrogens with one attached hydrogen (secondary N) is 1. The first kappa shape index (κ1) is 26.7. The number of carboxylic acids is 1. The number of nitrogens with zero attached hydrogens (tertiary/aromatic N) is 1. The number of terminal acetylenes is 1. The fourth-order valence-corrected chi connectivity index (χ4v) is 5.35. The molecule has 0 unspecified atom stereocenters. The zero-order valence-electron chi connectivity index (χ0n) is 20.8. The van der Waals surface area contributed by atoms with E-state index >= 15 is 0 Å². The van der Waals surface area contributed by atoms with Crippen LogP contribution in [0.5, 0.6) is 5.75 Å². The molecule has 0 spiro atoms. The van der Waals surface area contributed by atoms with E-state index in [-0.39, 0.29) is 0 Å². The van der Waals surface area contributed by atoms with Crippen molar-refractivity contribution in [2.45, 2.75) is 61.7 Å². The zero-order valence-corrected chi connectivity index (χ0v) is 21.6. The largest absolute Gasteiger partial charge is 0.492 e. The summed E-state index contributed by atoms with van der Waals surface area (Å²) in [5.74, 6) is 1.88. The number of aromatic nitrogens is 1. The number of piperidine rings is 1. The van der Waals surface area contributed by atoms with Gasteiger partial charge >= 0.3 is 5.97 Å². The maximum absolute atomic E-state index is 9.13. The van der Waals surface area contributed by atoms with E-state index in [0.29, 0.717) is 5.92 Å². The molecule has 1 fully saturated rings. The van der Waals surface area contributed by atoms with Crippen molar-refractivity contribution in [1.82, 2.24) is 9.88 Å². The van der Waals surface area contributed by atoms with Crippen molar-refractivity contribution in [3.05, 3.63) is 54.2 Å². The average Bonchev–Trinajstić information content (AvgIpc) is 3.29. The first-order valence-electron chi connectivity index (χ1n) is 12.5. The molecule has 6 heteroatoms. The van der Waals surface area contributed by atoms with Gasteiger partial charge in [-0.05, 0) is 87.1 Å². The van der Waals surface area contributed by atoms with Crippen LogP contribution in [0.3, 0.4) is 0 Å². The van der Waals surface area contributed by atoms with Crippen LogP contribution in [-0.2, 0) is 4.79 Å². The van der Waals surface area contributed by atoms with E-state index in [9.17, 15) is 0 Å². The number of rotatable bonds is 9. The number of likely N-dealkylation sites (tertiary alicyclic amines) is 1. The van der Waals surface area contributed by atoms with Gasteiger partial charge in [-0.3, -0.25) is 0 Å². The fourth-order valence-electron chi connectivity index (χ4n) is 4.41. The smallest absolute Gasteiger partial charge is 0.381 e. The molecule has 35 heavy (non-hydrogen) atoms. The Hall–Kier alpha value is -2.88. The number of H-pyrrole nitrogens is 1. The highest BCUT2D eigenvalue weighted by Gasteiger charge is 2.22. The third-order valence-electron chi connectivity index (χ3n) is 6.21. The summed E-state index contributed by atoms with van der Waals surface area (Å²) in [6, 6.07) is 15.2. The van der Waals surface area contributed by atoms with E-state index in [2.05, 4.69) is 78.8 Å². The molecular weight excluding hydrogens is 456 g/mol. The van der Waals surface area contributed by atoms with Gasteiger partial charge in [-0.25, -0.2) is 4.79 Å². The molecule has 1 aliphatic heterocycles. The molecule has 0 saturated carbocycles. The van der Waals surface area contributed by atoms with E-state index < -0.39 is 5.97 Å². The van der Waals surface area contributed by atoms with Crippen LogP contribution in [0.4, 0.5) is 0 Å². The second kappa shape index (κ2) is 13.9. The van der Waals surface area contributed by atoms with Crippen molar-refractivity contribution < 1.29 is 14.6 Å². The number of para-hydroxylation sites is 1. The first-order valence-corrected chi connectivity index (χ1v) is 13.3. The minimum absolute atomic E-state index is 0.664. The van der Waals surface area contributed by atoms with E-state index in [1.54, 1.807) is 11.8 Å². The maximum Gasteiger partial charge on any atom is 0.381 e. The van der Waals surface area contributed by atoms with Gasteiger partial charge in [0.25, 0.3) is 0 Å². The summed E-state index contributed by atoms with van der Waals surface area (Å²) in [4.78, 5) is 17.7. The van der Waals surface area contributed by atoms with E-state index in [1.807, 2.05) is 0 Å². The van der Waals surface area contributed by atoms with Gasteiger partial charge in [0.1, 0.15) is 5.75 Å². The number of unbranched alkanes of at least 4 members (excludes halogenated alkanes) is 1. The minimum atomic E-state index is -1.22. The summed E-state index contributed by atoms with van der Waals surface area (Å²) in [5.41, 5.74) is 2.74. The third-order valence-corrected chi connectivity index (χ3v) is 7.26. The highest BCUT2D eigenvalue weighted by molar-refractivity contribution is 7.99. The van der Waals surface area contributed by atoms with E-state index in [1.165, 1.54) is 71.1 Å². The number of carboxylic acid groups (broad SMARTS) is 1. The highest BCUT2D eigenvalue weighted by Crippen LogP contribution is 2.39. The van der Waals surface area contributed by atoms with Gasteiger partial charge in [-0.15, -0.1) is 6.42 Å². The standard InChI is InChI=1S/C26H34N2OS.C3H2O2/c1-3-5-17-29-25-8-6-7-9-26(25)30-21-10-11-24-22(18-21)23(19-27-24)20-12-15-28(14-4-2)16-13-20;1-2-3(4)5/h6-11,18-20,27H,3-5,12-17H2,1-2H3;1H,(H,4,5). The average molecular weight is 493 g/mol.